The van der Waals surface area contributed by atoms with E-state index in [4.69, 9.17) is 21.4 Å². The Morgan fingerprint density at radius 1 is 1.27 bits per heavy atom. The number of aryl methyl sites for hydroxylation is 2. The van der Waals surface area contributed by atoms with E-state index in [1.165, 1.54) is 0 Å². The number of rotatable bonds is 7. The molecule has 0 heterocycles. The van der Waals surface area contributed by atoms with Crippen LogP contribution >= 0.6 is 11.6 Å². The minimum atomic E-state index is -1.03. The summed E-state index contributed by atoms with van der Waals surface area (Å²) in [7, 11) is 0. The maximum absolute atomic E-state index is 11.8. The summed E-state index contributed by atoms with van der Waals surface area (Å²) in [6.07, 6.45) is 0.0945. The van der Waals surface area contributed by atoms with Crippen LogP contribution in [0.4, 0.5) is 0 Å². The molecule has 1 unspecified atom stereocenters. The standard InChI is InChI=1S/C16H22ClNO4/c1-9(2)15(16(20)21)18-13(19)5-6-22-12-7-10(3)14(17)11(4)8-12/h7-9,15H,5-6H2,1-4H3,(H,18,19)(H,20,21). The minimum Gasteiger partial charge on any atom is -0.493 e. The Kier molecular flexibility index (Phi) is 6.68. The Morgan fingerprint density at radius 2 is 1.82 bits per heavy atom. The second kappa shape index (κ2) is 8.03. The van der Waals surface area contributed by atoms with Crippen molar-refractivity contribution in [3.63, 3.8) is 0 Å². The Balaban J connectivity index is 2.50. The molecule has 0 aliphatic carbocycles. The normalized spacial score (nSPS) is 12.1. The summed E-state index contributed by atoms with van der Waals surface area (Å²) in [6.45, 7) is 7.43. The first-order valence-electron chi connectivity index (χ1n) is 7.14. The van der Waals surface area contributed by atoms with Crippen molar-refractivity contribution in [2.45, 2.75) is 40.2 Å². The van der Waals surface area contributed by atoms with Gasteiger partial charge in [-0.3, -0.25) is 4.79 Å². The number of ether oxygens (including phenoxy) is 1. The summed E-state index contributed by atoms with van der Waals surface area (Å²) in [4.78, 5) is 22.8. The summed E-state index contributed by atoms with van der Waals surface area (Å²) in [5.74, 6) is -0.911. The number of carboxylic acids is 1. The van der Waals surface area contributed by atoms with Crippen LogP contribution in [0.2, 0.25) is 5.02 Å². The zero-order chi connectivity index (χ0) is 16.9. The molecule has 1 amide bonds. The molecule has 1 aromatic carbocycles. The molecule has 1 atom stereocenters. The van der Waals surface area contributed by atoms with Gasteiger partial charge in [-0.15, -0.1) is 0 Å². The van der Waals surface area contributed by atoms with E-state index in [2.05, 4.69) is 5.32 Å². The largest absolute Gasteiger partial charge is 0.493 e. The van der Waals surface area contributed by atoms with Crippen molar-refractivity contribution < 1.29 is 19.4 Å². The van der Waals surface area contributed by atoms with Crippen LogP contribution in [-0.2, 0) is 9.59 Å². The lowest BCUT2D eigenvalue weighted by atomic mass is 10.0. The number of halogens is 1. The Bertz CT molecular complexity index is 534. The van der Waals surface area contributed by atoms with Crippen molar-refractivity contribution in [2.24, 2.45) is 5.92 Å². The third kappa shape index (κ3) is 5.22. The molecule has 0 radical (unpaired) electrons. The minimum absolute atomic E-state index is 0.0945. The molecule has 0 saturated heterocycles. The highest BCUT2D eigenvalue weighted by molar-refractivity contribution is 6.32. The highest BCUT2D eigenvalue weighted by Crippen LogP contribution is 2.25. The van der Waals surface area contributed by atoms with Crippen LogP contribution in [0.3, 0.4) is 0 Å². The Labute approximate surface area is 135 Å². The third-order valence-corrected chi connectivity index (χ3v) is 3.85. The van der Waals surface area contributed by atoms with Gasteiger partial charge in [-0.05, 0) is 43.0 Å². The maximum Gasteiger partial charge on any atom is 0.326 e. The van der Waals surface area contributed by atoms with Crippen molar-refractivity contribution in [1.29, 1.82) is 0 Å². The van der Waals surface area contributed by atoms with E-state index in [0.717, 1.165) is 11.1 Å². The fourth-order valence-electron chi connectivity index (χ4n) is 2.01. The molecule has 0 fully saturated rings. The Hall–Kier alpha value is -1.75. The Morgan fingerprint density at radius 3 is 2.27 bits per heavy atom. The summed E-state index contributed by atoms with van der Waals surface area (Å²) in [5.41, 5.74) is 1.82. The molecule has 6 heteroatoms. The van der Waals surface area contributed by atoms with Gasteiger partial charge in [-0.1, -0.05) is 25.4 Å². The molecule has 22 heavy (non-hydrogen) atoms. The molecule has 0 spiro atoms. The molecule has 2 N–H and O–H groups in total. The lowest BCUT2D eigenvalue weighted by molar-refractivity contribution is -0.143. The topological polar surface area (TPSA) is 75.6 Å². The highest BCUT2D eigenvalue weighted by atomic mass is 35.5. The quantitative estimate of drug-likeness (QED) is 0.807. The van der Waals surface area contributed by atoms with Gasteiger partial charge in [0.15, 0.2) is 0 Å². The van der Waals surface area contributed by atoms with E-state index >= 15 is 0 Å². The van der Waals surface area contributed by atoms with E-state index in [0.29, 0.717) is 10.8 Å². The van der Waals surface area contributed by atoms with E-state index in [1.54, 1.807) is 26.0 Å². The number of carboxylic acid groups (broad SMARTS) is 1. The molecule has 0 aliphatic rings. The number of aliphatic carboxylic acids is 1. The van der Waals surface area contributed by atoms with Gasteiger partial charge in [0.1, 0.15) is 11.8 Å². The first kappa shape index (κ1) is 18.3. The van der Waals surface area contributed by atoms with Crippen LogP contribution < -0.4 is 10.1 Å². The fraction of sp³-hybridized carbons (Fsp3) is 0.500. The number of carbonyl (C=O) groups is 2. The summed E-state index contributed by atoms with van der Waals surface area (Å²) < 4.78 is 5.53. The molecule has 0 aromatic heterocycles. The van der Waals surface area contributed by atoms with Gasteiger partial charge >= 0.3 is 5.97 Å². The molecule has 1 rings (SSSR count). The average Bonchev–Trinajstić information content (AvgIpc) is 2.41. The number of hydrogen-bond donors (Lipinski definition) is 2. The lowest BCUT2D eigenvalue weighted by Gasteiger charge is -2.18. The first-order chi connectivity index (χ1) is 10.2. The average molecular weight is 328 g/mol. The van der Waals surface area contributed by atoms with Gasteiger partial charge in [-0.2, -0.15) is 0 Å². The molecular formula is C16H22ClNO4. The van der Waals surface area contributed by atoms with E-state index < -0.39 is 12.0 Å². The summed E-state index contributed by atoms with van der Waals surface area (Å²) in [6, 6.07) is 2.73. The SMILES string of the molecule is Cc1cc(OCCC(=O)NC(C(=O)O)C(C)C)cc(C)c1Cl. The number of benzene rings is 1. The van der Waals surface area contributed by atoms with E-state index in [1.807, 2.05) is 13.8 Å². The van der Waals surface area contributed by atoms with Crippen molar-refractivity contribution in [1.82, 2.24) is 5.32 Å². The van der Waals surface area contributed by atoms with Crippen molar-refractivity contribution in [3.8, 4) is 5.75 Å². The lowest BCUT2D eigenvalue weighted by Crippen LogP contribution is -2.44. The number of nitrogens with one attached hydrogen (secondary N) is 1. The van der Waals surface area contributed by atoms with E-state index in [-0.39, 0.29) is 24.9 Å². The van der Waals surface area contributed by atoms with Crippen LogP contribution in [0.25, 0.3) is 0 Å². The van der Waals surface area contributed by atoms with Crippen molar-refractivity contribution in [3.05, 3.63) is 28.3 Å². The first-order valence-corrected chi connectivity index (χ1v) is 7.52. The van der Waals surface area contributed by atoms with Gasteiger partial charge in [0.2, 0.25) is 5.91 Å². The number of amides is 1. The predicted molar refractivity (Wildman–Crippen MR) is 85.4 cm³/mol. The number of hydrogen-bond acceptors (Lipinski definition) is 3. The summed E-state index contributed by atoms with van der Waals surface area (Å²) in [5, 5.41) is 12.2. The third-order valence-electron chi connectivity index (χ3n) is 3.26. The molecule has 122 valence electrons. The number of carbonyl (C=O) groups excluding carboxylic acids is 1. The van der Waals surface area contributed by atoms with Crippen molar-refractivity contribution >= 4 is 23.5 Å². The molecule has 0 saturated carbocycles. The zero-order valence-corrected chi connectivity index (χ0v) is 14.0. The van der Waals surface area contributed by atoms with Crippen LogP contribution in [0, 0.1) is 19.8 Å². The molecule has 0 bridgehead atoms. The van der Waals surface area contributed by atoms with E-state index in [9.17, 15) is 9.59 Å². The predicted octanol–water partition coefficient (Wildman–Crippen LogP) is 2.95. The van der Waals surface area contributed by atoms with Crippen LogP contribution in [0.1, 0.15) is 31.4 Å². The molecule has 1 aromatic rings. The van der Waals surface area contributed by atoms with Gasteiger partial charge in [0.25, 0.3) is 0 Å². The second-order valence-corrected chi connectivity index (χ2v) is 5.97. The zero-order valence-electron chi connectivity index (χ0n) is 13.3. The van der Waals surface area contributed by atoms with Gasteiger partial charge in [-0.25, -0.2) is 4.79 Å². The van der Waals surface area contributed by atoms with Crippen LogP contribution in [-0.4, -0.2) is 29.6 Å². The van der Waals surface area contributed by atoms with Gasteiger partial charge in [0.05, 0.1) is 13.0 Å². The van der Waals surface area contributed by atoms with Crippen molar-refractivity contribution in [2.75, 3.05) is 6.61 Å². The molecule has 5 nitrogen and oxygen atoms in total. The fourth-order valence-corrected chi connectivity index (χ4v) is 2.12. The molecule has 0 aliphatic heterocycles. The second-order valence-electron chi connectivity index (χ2n) is 5.60. The maximum atomic E-state index is 11.8. The van der Waals surface area contributed by atoms with Gasteiger partial charge < -0.3 is 15.2 Å². The van der Waals surface area contributed by atoms with Crippen LogP contribution in [0.15, 0.2) is 12.1 Å². The summed E-state index contributed by atoms with van der Waals surface area (Å²) >= 11 is 6.08. The monoisotopic (exact) mass is 327 g/mol. The van der Waals surface area contributed by atoms with Gasteiger partial charge in [0, 0.05) is 5.02 Å². The molecular weight excluding hydrogens is 306 g/mol. The smallest absolute Gasteiger partial charge is 0.326 e. The van der Waals surface area contributed by atoms with Crippen LogP contribution in [0.5, 0.6) is 5.75 Å². The highest BCUT2D eigenvalue weighted by Gasteiger charge is 2.23.